The minimum atomic E-state index is -1.01. The highest BCUT2D eigenvalue weighted by Crippen LogP contribution is 2.42. The largest absolute Gasteiger partial charge is 0.478 e. The van der Waals surface area contributed by atoms with Crippen molar-refractivity contribution in [1.82, 2.24) is 9.88 Å². The molecule has 1 fully saturated rings. The number of aromatic carboxylic acids is 1. The van der Waals surface area contributed by atoms with Gasteiger partial charge in [0.2, 0.25) is 0 Å². The molecule has 38 heavy (non-hydrogen) atoms. The van der Waals surface area contributed by atoms with Crippen LogP contribution in [0, 0.1) is 5.82 Å². The fourth-order valence-corrected chi connectivity index (χ4v) is 5.73. The van der Waals surface area contributed by atoms with Gasteiger partial charge in [-0.05, 0) is 89.4 Å². The second-order valence-electron chi connectivity index (χ2n) is 9.66. The van der Waals surface area contributed by atoms with Crippen LogP contribution in [-0.4, -0.2) is 47.3 Å². The average molecular weight is 555 g/mol. The number of allylic oxidation sites excluding steroid dienone is 1. The highest BCUT2D eigenvalue weighted by molar-refractivity contribution is 6.36. The van der Waals surface area contributed by atoms with Gasteiger partial charge in [0.1, 0.15) is 11.5 Å². The predicted molar refractivity (Wildman–Crippen MR) is 148 cm³/mol. The van der Waals surface area contributed by atoms with Crippen LogP contribution < -0.4 is 0 Å². The number of benzene rings is 2. The van der Waals surface area contributed by atoms with Gasteiger partial charge in [0.25, 0.3) is 0 Å². The first kappa shape index (κ1) is 26.5. The number of carboxylic acid groups (broad SMARTS) is 1. The molecule has 1 aliphatic heterocycles. The number of fused-ring (bicyclic) bond motifs is 1. The van der Waals surface area contributed by atoms with E-state index in [0.717, 1.165) is 47.3 Å². The number of aryl methyl sites for hydroxylation is 1. The topological polar surface area (TPSA) is 53.4 Å². The van der Waals surface area contributed by atoms with Crippen molar-refractivity contribution >= 4 is 46.4 Å². The van der Waals surface area contributed by atoms with Gasteiger partial charge in [-0.15, -0.1) is 0 Å². The van der Waals surface area contributed by atoms with Crippen LogP contribution >= 0.6 is 23.2 Å². The molecule has 2 heterocycles. The zero-order chi connectivity index (χ0) is 26.8. The number of nitrogens with zero attached hydrogens (tertiary/aromatic N) is 2. The number of likely N-dealkylation sites (tertiary alicyclic amines) is 1. The number of halogens is 4. The fraction of sp³-hybridized carbons (Fsp3) is 0.267. The molecule has 5 rings (SSSR count). The quantitative estimate of drug-likeness (QED) is 0.327. The summed E-state index contributed by atoms with van der Waals surface area (Å²) in [5.74, 6) is -1.48. The summed E-state index contributed by atoms with van der Waals surface area (Å²) >= 11 is 12.8. The highest BCUT2D eigenvalue weighted by Gasteiger charge is 2.26. The second kappa shape index (κ2) is 11.4. The van der Waals surface area contributed by atoms with Crippen molar-refractivity contribution in [2.45, 2.75) is 25.7 Å². The summed E-state index contributed by atoms with van der Waals surface area (Å²) < 4.78 is 28.2. The van der Waals surface area contributed by atoms with Crippen LogP contribution in [0.15, 0.2) is 54.2 Å². The number of rotatable bonds is 7. The molecule has 2 aromatic carbocycles. The number of hydrogen-bond acceptors (Lipinski definition) is 3. The van der Waals surface area contributed by atoms with Crippen LogP contribution in [0.25, 0.3) is 17.2 Å². The summed E-state index contributed by atoms with van der Waals surface area (Å²) in [4.78, 5) is 18.3. The minimum absolute atomic E-state index is 0.188. The molecule has 196 valence electrons. The molecular weight excluding hydrogens is 529 g/mol. The van der Waals surface area contributed by atoms with E-state index in [1.165, 1.54) is 12.1 Å². The first-order valence-corrected chi connectivity index (χ1v) is 13.3. The molecule has 1 aromatic heterocycles. The molecule has 3 aromatic rings. The number of alkyl halides is 1. The van der Waals surface area contributed by atoms with Crippen LogP contribution in [0.5, 0.6) is 0 Å². The Kier molecular flexibility index (Phi) is 7.93. The molecular formula is C30H26Cl2F2N2O2. The zero-order valence-electron chi connectivity index (χ0n) is 20.6. The summed E-state index contributed by atoms with van der Waals surface area (Å²) in [6.45, 7) is 1.87. The van der Waals surface area contributed by atoms with Gasteiger partial charge in [0.15, 0.2) is 0 Å². The molecule has 0 bridgehead atoms. The van der Waals surface area contributed by atoms with Crippen molar-refractivity contribution in [3.05, 3.63) is 104 Å². The molecule has 2 aliphatic rings. The summed E-state index contributed by atoms with van der Waals surface area (Å²) in [5.41, 5.74) is 5.95. The SMILES string of the molecule is O=C(O)c1ccc2c(c1)CCCC(c1ccc(Cl)cc1Cl)=C2c1ncc(C=C2CN(CCCF)C2)cc1F. The lowest BCUT2D eigenvalue weighted by Gasteiger charge is -2.33. The van der Waals surface area contributed by atoms with E-state index < -0.39 is 11.8 Å². The van der Waals surface area contributed by atoms with E-state index in [4.69, 9.17) is 23.2 Å². The average Bonchev–Trinajstić information content (AvgIpc) is 3.04. The number of hydrogen-bond donors (Lipinski definition) is 1. The Morgan fingerprint density at radius 3 is 2.58 bits per heavy atom. The monoisotopic (exact) mass is 554 g/mol. The number of pyridine rings is 1. The molecule has 0 spiro atoms. The van der Waals surface area contributed by atoms with Crippen molar-refractivity contribution in [2.75, 3.05) is 26.3 Å². The van der Waals surface area contributed by atoms with Gasteiger partial charge in [-0.25, -0.2) is 9.18 Å². The van der Waals surface area contributed by atoms with E-state index in [1.54, 1.807) is 30.5 Å². The first-order chi connectivity index (χ1) is 18.3. The van der Waals surface area contributed by atoms with Crippen molar-refractivity contribution in [2.24, 2.45) is 0 Å². The normalized spacial score (nSPS) is 15.6. The van der Waals surface area contributed by atoms with E-state index in [0.29, 0.717) is 47.0 Å². The van der Waals surface area contributed by atoms with Gasteiger partial charge in [0.05, 0.1) is 12.2 Å². The highest BCUT2D eigenvalue weighted by atomic mass is 35.5. The van der Waals surface area contributed by atoms with E-state index in [9.17, 15) is 14.3 Å². The van der Waals surface area contributed by atoms with E-state index in [1.807, 2.05) is 12.1 Å². The summed E-state index contributed by atoms with van der Waals surface area (Å²) in [5, 5.41) is 10.5. The van der Waals surface area contributed by atoms with E-state index in [2.05, 4.69) is 9.88 Å². The lowest BCUT2D eigenvalue weighted by Crippen LogP contribution is -2.40. The fourth-order valence-electron chi connectivity index (χ4n) is 5.21. The van der Waals surface area contributed by atoms with Gasteiger partial charge in [0, 0.05) is 41.4 Å². The Balaban J connectivity index is 1.60. The molecule has 1 aliphatic carbocycles. The Hall–Kier alpha value is -3.06. The van der Waals surface area contributed by atoms with Gasteiger partial charge >= 0.3 is 5.97 Å². The zero-order valence-corrected chi connectivity index (χ0v) is 22.1. The van der Waals surface area contributed by atoms with Gasteiger partial charge in [-0.3, -0.25) is 14.3 Å². The molecule has 8 heteroatoms. The third kappa shape index (κ3) is 5.53. The lowest BCUT2D eigenvalue weighted by molar-refractivity contribution is 0.0696. The van der Waals surface area contributed by atoms with Crippen LogP contribution in [-0.2, 0) is 6.42 Å². The summed E-state index contributed by atoms with van der Waals surface area (Å²) in [6, 6.07) is 11.7. The standard InChI is InChI=1S/C30H26Cl2F2N2O2/c31-22-6-8-24(26(32)14-22)25-4-1-3-20-13-21(30(37)38)5-7-23(20)28(25)29-27(34)12-18(15-35-29)11-19-16-36(17-19)10-2-9-33/h5-8,11-15H,1-4,9-10,16-17H2,(H,37,38). The maximum absolute atomic E-state index is 15.8. The van der Waals surface area contributed by atoms with Crippen molar-refractivity contribution < 1.29 is 18.7 Å². The van der Waals surface area contributed by atoms with Crippen LogP contribution in [0.2, 0.25) is 10.0 Å². The molecule has 0 radical (unpaired) electrons. The Morgan fingerprint density at radius 1 is 1.08 bits per heavy atom. The number of carbonyl (C=O) groups is 1. The van der Waals surface area contributed by atoms with Crippen molar-refractivity contribution in [1.29, 1.82) is 0 Å². The van der Waals surface area contributed by atoms with Gasteiger partial charge < -0.3 is 5.11 Å². The van der Waals surface area contributed by atoms with Crippen LogP contribution in [0.1, 0.15) is 57.6 Å². The summed E-state index contributed by atoms with van der Waals surface area (Å²) in [6.07, 6.45) is 6.08. The number of carboxylic acids is 1. The summed E-state index contributed by atoms with van der Waals surface area (Å²) in [7, 11) is 0. The molecule has 0 unspecified atom stereocenters. The third-order valence-electron chi connectivity index (χ3n) is 6.98. The molecule has 0 atom stereocenters. The van der Waals surface area contributed by atoms with E-state index >= 15 is 4.39 Å². The molecule has 1 saturated heterocycles. The van der Waals surface area contributed by atoms with Crippen molar-refractivity contribution in [3.8, 4) is 0 Å². The molecule has 0 amide bonds. The van der Waals surface area contributed by atoms with Gasteiger partial charge in [-0.1, -0.05) is 41.4 Å². The Morgan fingerprint density at radius 2 is 1.87 bits per heavy atom. The maximum Gasteiger partial charge on any atom is 0.335 e. The lowest BCUT2D eigenvalue weighted by atomic mass is 9.89. The minimum Gasteiger partial charge on any atom is -0.478 e. The number of aromatic nitrogens is 1. The van der Waals surface area contributed by atoms with Crippen LogP contribution in [0.4, 0.5) is 8.78 Å². The smallest absolute Gasteiger partial charge is 0.335 e. The second-order valence-corrected chi connectivity index (χ2v) is 10.5. The van der Waals surface area contributed by atoms with Gasteiger partial charge in [-0.2, -0.15) is 0 Å². The Bertz CT molecular complexity index is 1460. The Labute approximate surface area is 230 Å². The molecule has 1 N–H and O–H groups in total. The van der Waals surface area contributed by atoms with Crippen molar-refractivity contribution in [3.63, 3.8) is 0 Å². The first-order valence-electron chi connectivity index (χ1n) is 12.5. The molecule has 4 nitrogen and oxygen atoms in total. The van der Waals surface area contributed by atoms with Crippen LogP contribution in [0.3, 0.4) is 0 Å². The third-order valence-corrected chi connectivity index (χ3v) is 7.53. The molecule has 0 saturated carbocycles. The van der Waals surface area contributed by atoms with E-state index in [-0.39, 0.29) is 17.9 Å². The maximum atomic E-state index is 15.8. The predicted octanol–water partition coefficient (Wildman–Crippen LogP) is 7.58.